The van der Waals surface area contributed by atoms with Crippen molar-refractivity contribution in [2.75, 3.05) is 4.90 Å². The monoisotopic (exact) mass is 507 g/mol. The number of carbonyl (C=O) groups is 2. The summed E-state index contributed by atoms with van der Waals surface area (Å²) < 4.78 is 3.21. The van der Waals surface area contributed by atoms with Crippen LogP contribution in [0.4, 0.5) is 5.69 Å². The lowest BCUT2D eigenvalue weighted by atomic mass is 9.81. The van der Waals surface area contributed by atoms with E-state index >= 15 is 0 Å². The van der Waals surface area contributed by atoms with Gasteiger partial charge in [-0.2, -0.15) is 0 Å². The number of hydrogen-bond donors (Lipinski definition) is 0. The van der Waals surface area contributed by atoms with E-state index in [1.807, 2.05) is 30.3 Å². The van der Waals surface area contributed by atoms with E-state index in [9.17, 15) is 14.4 Å². The summed E-state index contributed by atoms with van der Waals surface area (Å²) in [4.78, 5) is 41.4. The summed E-state index contributed by atoms with van der Waals surface area (Å²) in [6.07, 6.45) is 0.870. The van der Waals surface area contributed by atoms with E-state index in [1.165, 1.54) is 9.58 Å². The molecule has 0 unspecified atom stereocenters. The summed E-state index contributed by atoms with van der Waals surface area (Å²) in [7, 11) is 1.77. The zero-order valence-electron chi connectivity index (χ0n) is 15.4. The maximum Gasteiger partial charge on any atom is 0.296 e. The minimum Gasteiger partial charge on any atom is -0.283 e. The Morgan fingerprint density at radius 2 is 1.46 bits per heavy atom. The fraction of sp³-hybridized carbons (Fsp3) is 0.450. The third-order valence-corrected chi connectivity index (χ3v) is 9.94. The van der Waals surface area contributed by atoms with Crippen molar-refractivity contribution < 1.29 is 9.59 Å². The van der Waals surface area contributed by atoms with Crippen molar-refractivity contribution in [3.63, 3.8) is 0 Å². The third-order valence-electron chi connectivity index (χ3n) is 6.73. The van der Waals surface area contributed by atoms with Crippen molar-refractivity contribution in [2.45, 2.75) is 23.0 Å². The van der Waals surface area contributed by atoms with Crippen LogP contribution < -0.4 is 10.5 Å². The zero-order valence-corrected chi connectivity index (χ0v) is 18.6. The largest absolute Gasteiger partial charge is 0.296 e. The highest BCUT2D eigenvalue weighted by molar-refractivity contribution is 9.12. The Labute approximate surface area is 178 Å². The Hall–Kier alpha value is -1.67. The van der Waals surface area contributed by atoms with Gasteiger partial charge in [0.2, 0.25) is 11.8 Å². The molecule has 2 aromatic rings. The van der Waals surface area contributed by atoms with Crippen LogP contribution in [0.15, 0.2) is 35.1 Å². The fourth-order valence-electron chi connectivity index (χ4n) is 5.38. The Balaban J connectivity index is 1.63. The van der Waals surface area contributed by atoms with Crippen LogP contribution in [0.3, 0.4) is 0 Å². The van der Waals surface area contributed by atoms with E-state index in [0.29, 0.717) is 11.4 Å². The summed E-state index contributed by atoms with van der Waals surface area (Å²) in [5.41, 5.74) is 1.15. The van der Waals surface area contributed by atoms with Crippen molar-refractivity contribution in [1.29, 1.82) is 0 Å². The standard InChI is InChI=1S/C20H19Br2N3O3/c1-9-17(20(28)25(23(9)2)10-6-4-3-5-7-10)24-18(26)13-11-8-12(14(13)19(24)27)16(22)15(11)21/h3-7,11-16H,8H2,1-2H3/t11-,12-,13-,14+,15+,16+/m1/s1. The minimum atomic E-state index is -0.342. The molecule has 2 bridgehead atoms. The van der Waals surface area contributed by atoms with Gasteiger partial charge in [-0.15, -0.1) is 0 Å². The van der Waals surface area contributed by atoms with Gasteiger partial charge in [0.15, 0.2) is 0 Å². The van der Waals surface area contributed by atoms with Crippen LogP contribution in [0, 0.1) is 30.6 Å². The van der Waals surface area contributed by atoms with Crippen LogP contribution >= 0.6 is 31.9 Å². The molecule has 6 atom stereocenters. The number of alkyl halides is 2. The van der Waals surface area contributed by atoms with Gasteiger partial charge in [0.05, 0.1) is 23.2 Å². The first-order valence-electron chi connectivity index (χ1n) is 9.34. The van der Waals surface area contributed by atoms with Crippen LogP contribution in [0.25, 0.3) is 5.69 Å². The molecule has 3 aliphatic rings. The number of imide groups is 1. The first-order chi connectivity index (χ1) is 13.3. The van der Waals surface area contributed by atoms with Gasteiger partial charge in [-0.3, -0.25) is 19.1 Å². The van der Waals surface area contributed by atoms with Crippen molar-refractivity contribution in [3.8, 4) is 5.69 Å². The molecule has 5 rings (SSSR count). The molecular weight excluding hydrogens is 490 g/mol. The van der Waals surface area contributed by atoms with Crippen LogP contribution in [0.1, 0.15) is 12.1 Å². The van der Waals surface area contributed by atoms with Crippen LogP contribution in [0.5, 0.6) is 0 Å². The second-order valence-electron chi connectivity index (χ2n) is 7.93. The molecule has 2 amide bonds. The van der Waals surface area contributed by atoms with E-state index in [2.05, 4.69) is 31.9 Å². The van der Waals surface area contributed by atoms with E-state index in [4.69, 9.17) is 0 Å². The topological polar surface area (TPSA) is 64.3 Å². The molecule has 146 valence electrons. The summed E-state index contributed by atoms with van der Waals surface area (Å²) in [6, 6.07) is 9.24. The molecular formula is C20H19Br2N3O3. The quantitative estimate of drug-likeness (QED) is 0.463. The number of aromatic nitrogens is 2. The van der Waals surface area contributed by atoms with Gasteiger partial charge in [0.25, 0.3) is 5.56 Å². The number of benzene rings is 1. The number of rotatable bonds is 2. The Morgan fingerprint density at radius 1 is 0.929 bits per heavy atom. The summed E-state index contributed by atoms with van der Waals surface area (Å²) in [6.45, 7) is 1.78. The summed E-state index contributed by atoms with van der Waals surface area (Å²) in [5.74, 6) is -0.864. The second-order valence-corrected chi connectivity index (χ2v) is 10.0. The molecule has 0 N–H and O–H groups in total. The van der Waals surface area contributed by atoms with E-state index < -0.39 is 0 Å². The Morgan fingerprint density at radius 3 is 2.00 bits per heavy atom. The number of hydrogen-bond acceptors (Lipinski definition) is 3. The molecule has 2 heterocycles. The van der Waals surface area contributed by atoms with Gasteiger partial charge in [-0.1, -0.05) is 50.1 Å². The molecule has 8 heteroatoms. The smallest absolute Gasteiger partial charge is 0.283 e. The van der Waals surface area contributed by atoms with E-state index in [-0.39, 0.29) is 56.4 Å². The van der Waals surface area contributed by atoms with Crippen molar-refractivity contribution in [3.05, 3.63) is 46.4 Å². The molecule has 0 spiro atoms. The number of amides is 2. The maximum absolute atomic E-state index is 13.3. The average molecular weight is 509 g/mol. The molecule has 1 aromatic heterocycles. The van der Waals surface area contributed by atoms with Crippen molar-refractivity contribution in [1.82, 2.24) is 9.36 Å². The molecule has 0 radical (unpaired) electrons. The highest BCUT2D eigenvalue weighted by atomic mass is 79.9. The van der Waals surface area contributed by atoms with Crippen molar-refractivity contribution >= 4 is 49.4 Å². The summed E-state index contributed by atoms with van der Waals surface area (Å²) >= 11 is 7.39. The SMILES string of the molecule is Cc1c(N2C(=O)[C@@H]3[C@H]4C[C@@H]([C@H](Br)[C@H]4Br)[C@@H]3C2=O)c(=O)n(-c2ccccc2)n1C. The molecule has 1 aromatic carbocycles. The Kier molecular flexibility index (Phi) is 4.04. The fourth-order valence-corrected chi connectivity index (χ4v) is 7.25. The molecule has 1 aliphatic heterocycles. The lowest BCUT2D eigenvalue weighted by Crippen LogP contribution is -2.37. The summed E-state index contributed by atoms with van der Waals surface area (Å²) in [5, 5.41) is 0. The molecule has 6 nitrogen and oxygen atoms in total. The number of nitrogens with zero attached hydrogens (tertiary/aromatic N) is 3. The average Bonchev–Trinajstić information content (AvgIpc) is 3.34. The van der Waals surface area contributed by atoms with Crippen molar-refractivity contribution in [2.24, 2.45) is 30.7 Å². The Bertz CT molecular complexity index is 1030. The van der Waals surface area contributed by atoms with Gasteiger partial charge >= 0.3 is 0 Å². The first-order valence-corrected chi connectivity index (χ1v) is 11.2. The molecule has 1 saturated heterocycles. The molecule has 28 heavy (non-hydrogen) atoms. The number of fused-ring (bicyclic) bond motifs is 5. The van der Waals surface area contributed by atoms with Crippen LogP contribution in [-0.4, -0.2) is 30.8 Å². The third kappa shape index (κ3) is 2.16. The predicted molar refractivity (Wildman–Crippen MR) is 112 cm³/mol. The van der Waals surface area contributed by atoms with Gasteiger partial charge in [0, 0.05) is 16.7 Å². The minimum absolute atomic E-state index is 0.126. The number of halogens is 2. The highest BCUT2D eigenvalue weighted by Crippen LogP contribution is 2.60. The number of anilines is 1. The van der Waals surface area contributed by atoms with Gasteiger partial charge in [-0.05, 0) is 37.3 Å². The van der Waals surface area contributed by atoms with Crippen LogP contribution in [-0.2, 0) is 16.6 Å². The number of carbonyl (C=O) groups excluding carboxylic acids is 2. The van der Waals surface area contributed by atoms with Crippen LogP contribution in [0.2, 0.25) is 0 Å². The van der Waals surface area contributed by atoms with Gasteiger partial charge in [0.1, 0.15) is 5.69 Å². The molecule has 2 saturated carbocycles. The van der Waals surface area contributed by atoms with Gasteiger partial charge < -0.3 is 0 Å². The maximum atomic E-state index is 13.3. The second kappa shape index (κ2) is 6.16. The van der Waals surface area contributed by atoms with E-state index in [0.717, 1.165) is 6.42 Å². The highest BCUT2D eigenvalue weighted by Gasteiger charge is 2.67. The van der Waals surface area contributed by atoms with Gasteiger partial charge in [-0.25, -0.2) is 9.58 Å². The lowest BCUT2D eigenvalue weighted by molar-refractivity contribution is -0.123. The lowest BCUT2D eigenvalue weighted by Gasteiger charge is -2.28. The molecule has 2 aliphatic carbocycles. The molecule has 3 fully saturated rings. The predicted octanol–water partition coefficient (Wildman–Crippen LogP) is 2.77. The van der Waals surface area contributed by atoms with E-state index in [1.54, 1.807) is 18.7 Å². The first kappa shape index (κ1) is 18.4. The zero-order chi connectivity index (χ0) is 19.9. The number of para-hydroxylation sites is 1. The normalized spacial score (nSPS) is 33.8.